The predicted molar refractivity (Wildman–Crippen MR) is 97.5 cm³/mol. The van der Waals surface area contributed by atoms with E-state index in [1.165, 1.54) is 36.4 Å². The fraction of sp³-hybridized carbons (Fsp3) is 0.222. The lowest BCUT2D eigenvalue weighted by molar-refractivity contribution is 0.0595. The van der Waals surface area contributed by atoms with Crippen LogP contribution in [-0.2, 0) is 28.6 Å². The van der Waals surface area contributed by atoms with E-state index in [1.807, 2.05) is 13.8 Å². The van der Waals surface area contributed by atoms with Crippen molar-refractivity contribution in [1.82, 2.24) is 0 Å². The molecule has 0 radical (unpaired) electrons. The molecule has 2 aromatic rings. The average molecular weight is 396 g/mol. The number of hydrogen-bond donors (Lipinski definition) is 0. The molecule has 0 aliphatic heterocycles. The summed E-state index contributed by atoms with van der Waals surface area (Å²) in [5.41, 5.74) is 1.76. The third-order valence-electron chi connectivity index (χ3n) is 3.41. The summed E-state index contributed by atoms with van der Waals surface area (Å²) in [6, 6.07) is 12.0. The molecule has 26 heavy (non-hydrogen) atoms. The van der Waals surface area contributed by atoms with Gasteiger partial charge in [-0.25, -0.2) is 8.37 Å². The lowest BCUT2D eigenvalue weighted by Gasteiger charge is -2.15. The Morgan fingerprint density at radius 1 is 0.731 bits per heavy atom. The fourth-order valence-electron chi connectivity index (χ4n) is 2.01. The minimum Gasteiger partial charge on any atom is -0.229 e. The van der Waals surface area contributed by atoms with Crippen LogP contribution in [0, 0.1) is 13.8 Å². The van der Waals surface area contributed by atoms with Gasteiger partial charge in [-0.2, -0.15) is 16.8 Å². The maximum absolute atomic E-state index is 12.4. The Morgan fingerprint density at radius 3 is 1.38 bits per heavy atom. The zero-order valence-corrected chi connectivity index (χ0v) is 16.2. The Labute approximate surface area is 154 Å². The van der Waals surface area contributed by atoms with Crippen molar-refractivity contribution in [1.29, 1.82) is 0 Å². The van der Waals surface area contributed by atoms with Crippen molar-refractivity contribution in [3.63, 3.8) is 0 Å². The molecule has 2 aromatic carbocycles. The normalized spacial score (nSPS) is 12.8. The number of hydrogen-bond acceptors (Lipinski definition) is 6. The van der Waals surface area contributed by atoms with E-state index in [0.29, 0.717) is 0 Å². The second-order valence-corrected chi connectivity index (χ2v) is 8.77. The number of allylic oxidation sites excluding steroid dienone is 1. The van der Waals surface area contributed by atoms with Gasteiger partial charge in [-0.15, -0.1) is 0 Å². The Bertz CT molecular complexity index is 895. The van der Waals surface area contributed by atoms with Gasteiger partial charge in [0.2, 0.25) is 6.29 Å². The van der Waals surface area contributed by atoms with Crippen LogP contribution in [-0.4, -0.2) is 23.1 Å². The lowest BCUT2D eigenvalue weighted by Crippen LogP contribution is -2.23. The van der Waals surface area contributed by atoms with Crippen molar-refractivity contribution >= 4 is 20.2 Å². The summed E-state index contributed by atoms with van der Waals surface area (Å²) >= 11 is 0. The molecule has 0 spiro atoms. The van der Waals surface area contributed by atoms with E-state index in [4.69, 9.17) is 8.37 Å². The van der Waals surface area contributed by atoms with E-state index in [2.05, 4.69) is 0 Å². The first-order valence-electron chi connectivity index (χ1n) is 7.77. The Balaban J connectivity index is 2.26. The van der Waals surface area contributed by atoms with E-state index in [0.717, 1.165) is 11.1 Å². The second-order valence-electron chi connectivity index (χ2n) is 5.62. The van der Waals surface area contributed by atoms with E-state index in [1.54, 1.807) is 31.2 Å². The monoisotopic (exact) mass is 396 g/mol. The second kappa shape index (κ2) is 8.13. The molecule has 0 amide bonds. The van der Waals surface area contributed by atoms with Gasteiger partial charge in [0.15, 0.2) is 0 Å². The summed E-state index contributed by atoms with van der Waals surface area (Å²) < 4.78 is 59.4. The first-order valence-corrected chi connectivity index (χ1v) is 10.6. The van der Waals surface area contributed by atoms with Crippen LogP contribution in [0.1, 0.15) is 18.1 Å². The molecular formula is C18H20O6S2. The third kappa shape index (κ3) is 5.25. The summed E-state index contributed by atoms with van der Waals surface area (Å²) in [4.78, 5) is -0.178. The minimum atomic E-state index is -4.20. The molecule has 8 heteroatoms. The molecule has 0 unspecified atom stereocenters. The number of aryl methyl sites for hydroxylation is 2. The van der Waals surface area contributed by atoms with Gasteiger partial charge < -0.3 is 0 Å². The first-order chi connectivity index (χ1) is 12.1. The van der Waals surface area contributed by atoms with E-state index >= 15 is 0 Å². The zero-order valence-electron chi connectivity index (χ0n) is 14.6. The topological polar surface area (TPSA) is 86.7 Å². The van der Waals surface area contributed by atoms with Gasteiger partial charge in [0.1, 0.15) is 0 Å². The molecule has 0 saturated carbocycles. The molecule has 0 heterocycles. The van der Waals surface area contributed by atoms with E-state index in [9.17, 15) is 16.8 Å². The van der Waals surface area contributed by atoms with Gasteiger partial charge in [-0.1, -0.05) is 41.5 Å². The van der Waals surface area contributed by atoms with Crippen LogP contribution in [0.25, 0.3) is 0 Å². The van der Waals surface area contributed by atoms with Crippen LogP contribution in [0.2, 0.25) is 0 Å². The Hall–Kier alpha value is -2.00. The fourth-order valence-corrected chi connectivity index (χ4v) is 3.93. The van der Waals surface area contributed by atoms with Crippen LogP contribution in [0.4, 0.5) is 0 Å². The molecule has 0 saturated heterocycles. The van der Waals surface area contributed by atoms with Crippen molar-refractivity contribution in [3.8, 4) is 0 Å². The van der Waals surface area contributed by atoms with Gasteiger partial charge in [0, 0.05) is 0 Å². The van der Waals surface area contributed by atoms with Gasteiger partial charge in [-0.3, -0.25) is 0 Å². The molecule has 6 nitrogen and oxygen atoms in total. The van der Waals surface area contributed by atoms with Crippen molar-refractivity contribution in [3.05, 3.63) is 71.8 Å². The molecule has 0 fully saturated rings. The van der Waals surface area contributed by atoms with Crippen LogP contribution < -0.4 is 0 Å². The Kier molecular flexibility index (Phi) is 6.35. The zero-order chi connectivity index (χ0) is 19.4. The quantitative estimate of drug-likeness (QED) is 0.405. The van der Waals surface area contributed by atoms with Crippen LogP contribution in [0.3, 0.4) is 0 Å². The van der Waals surface area contributed by atoms with Gasteiger partial charge in [0.05, 0.1) is 9.79 Å². The number of benzene rings is 2. The standard InChI is InChI=1S/C18H20O6S2/c1-4-5-18(23-25(19,20)16-10-6-14(2)7-11-16)24-26(21,22)17-12-8-15(3)9-13-17/h4-13,18H,1-3H3/b5-4+. The molecular weight excluding hydrogens is 376 g/mol. The summed E-state index contributed by atoms with van der Waals surface area (Å²) in [7, 11) is -8.40. The SMILES string of the molecule is C/C=C/C(OS(=O)(=O)c1ccc(C)cc1)OS(=O)(=O)c1ccc(C)cc1. The maximum Gasteiger partial charge on any atom is 0.299 e. The van der Waals surface area contributed by atoms with E-state index in [-0.39, 0.29) is 9.79 Å². The van der Waals surface area contributed by atoms with Crippen LogP contribution in [0.5, 0.6) is 0 Å². The largest absolute Gasteiger partial charge is 0.299 e. The first kappa shape index (κ1) is 20.3. The lowest BCUT2D eigenvalue weighted by atomic mass is 10.2. The highest BCUT2D eigenvalue weighted by molar-refractivity contribution is 7.87. The molecule has 0 aliphatic rings. The highest BCUT2D eigenvalue weighted by Gasteiger charge is 2.26. The van der Waals surface area contributed by atoms with Gasteiger partial charge >= 0.3 is 0 Å². The Morgan fingerprint density at radius 2 is 1.08 bits per heavy atom. The number of rotatable bonds is 7. The van der Waals surface area contributed by atoms with Crippen molar-refractivity contribution in [2.24, 2.45) is 0 Å². The molecule has 0 N–H and O–H groups in total. The minimum absolute atomic E-state index is 0.0889. The molecule has 0 aliphatic carbocycles. The van der Waals surface area contributed by atoms with Gasteiger partial charge in [0.25, 0.3) is 20.2 Å². The maximum atomic E-state index is 12.4. The average Bonchev–Trinajstić information content (AvgIpc) is 2.55. The van der Waals surface area contributed by atoms with Crippen LogP contribution >= 0.6 is 0 Å². The molecule has 0 atom stereocenters. The highest BCUT2D eigenvalue weighted by atomic mass is 32.2. The van der Waals surface area contributed by atoms with E-state index < -0.39 is 26.5 Å². The summed E-state index contributed by atoms with van der Waals surface area (Å²) in [5, 5.41) is 0. The predicted octanol–water partition coefficient (Wildman–Crippen LogP) is 3.32. The van der Waals surface area contributed by atoms with Crippen molar-refractivity contribution in [2.45, 2.75) is 36.9 Å². The molecule has 0 aromatic heterocycles. The molecule has 0 bridgehead atoms. The summed E-state index contributed by atoms with van der Waals surface area (Å²) in [5.74, 6) is 0. The van der Waals surface area contributed by atoms with Crippen molar-refractivity contribution < 1.29 is 25.2 Å². The van der Waals surface area contributed by atoms with Gasteiger partial charge in [-0.05, 0) is 51.1 Å². The summed E-state index contributed by atoms with van der Waals surface area (Å²) in [6.07, 6.45) is 1.04. The van der Waals surface area contributed by atoms with Crippen molar-refractivity contribution in [2.75, 3.05) is 0 Å². The summed E-state index contributed by atoms with van der Waals surface area (Å²) in [6.45, 7) is 5.23. The molecule has 140 valence electrons. The van der Waals surface area contributed by atoms with Crippen LogP contribution in [0.15, 0.2) is 70.5 Å². The highest BCUT2D eigenvalue weighted by Crippen LogP contribution is 2.20. The smallest absolute Gasteiger partial charge is 0.229 e. The molecule has 2 rings (SSSR count). The third-order valence-corrected chi connectivity index (χ3v) is 6.00.